The number of nitrogens with one attached hydrogen (secondary N) is 1. The predicted molar refractivity (Wildman–Crippen MR) is 102 cm³/mol. The molecule has 0 unspecified atom stereocenters. The van der Waals surface area contributed by atoms with Crippen molar-refractivity contribution < 1.29 is 9.84 Å². The number of rotatable bonds is 3. The first-order chi connectivity index (χ1) is 12.2. The fraction of sp³-hybridized carbons (Fsp3) is 0.211. The Labute approximate surface area is 150 Å². The van der Waals surface area contributed by atoms with Crippen LogP contribution in [0.1, 0.15) is 5.56 Å². The minimum Gasteiger partial charge on any atom is -0.494 e. The Balaban J connectivity index is 1.70. The van der Waals surface area contributed by atoms with Gasteiger partial charge in [-0.25, -0.2) is 0 Å². The lowest BCUT2D eigenvalue weighted by molar-refractivity contribution is 0.123. The van der Waals surface area contributed by atoms with Gasteiger partial charge in [0.2, 0.25) is 0 Å². The largest absolute Gasteiger partial charge is 0.494 e. The molecule has 25 heavy (non-hydrogen) atoms. The van der Waals surface area contributed by atoms with Gasteiger partial charge in [0.1, 0.15) is 0 Å². The highest BCUT2D eigenvalue weighted by Gasteiger charge is 2.14. The number of benzene rings is 2. The zero-order valence-electron chi connectivity index (χ0n) is 13.6. The van der Waals surface area contributed by atoms with Gasteiger partial charge in [-0.1, -0.05) is 29.8 Å². The number of nitrogens with zero attached hydrogens (tertiary/aromatic N) is 2. The summed E-state index contributed by atoms with van der Waals surface area (Å²) < 4.78 is 5.43. The third-order valence-electron chi connectivity index (χ3n) is 4.35. The lowest BCUT2D eigenvalue weighted by Gasteiger charge is -2.29. The van der Waals surface area contributed by atoms with Crippen molar-refractivity contribution in [3.05, 3.63) is 53.1 Å². The molecule has 6 heteroatoms. The Hall–Kier alpha value is -2.50. The number of aromatic amines is 1. The smallest absolute Gasteiger partial charge is 0.198 e. The molecule has 4 rings (SSSR count). The maximum absolute atomic E-state index is 10.2. The highest BCUT2D eigenvalue weighted by Crippen LogP contribution is 2.31. The molecule has 3 aromatic rings. The number of halogens is 1. The Morgan fingerprint density at radius 3 is 2.80 bits per heavy atom. The summed E-state index contributed by atoms with van der Waals surface area (Å²) in [5.41, 5.74) is 3.38. The lowest BCUT2D eigenvalue weighted by atomic mass is 10.2. The topological polar surface area (TPSA) is 60.8 Å². The molecule has 0 spiro atoms. The van der Waals surface area contributed by atoms with Crippen LogP contribution >= 0.6 is 11.6 Å². The predicted octanol–water partition coefficient (Wildman–Crippen LogP) is 4.11. The first-order valence-corrected chi connectivity index (χ1v) is 8.56. The normalized spacial score (nSPS) is 15.3. The third kappa shape index (κ3) is 3.21. The first-order valence-electron chi connectivity index (χ1n) is 8.18. The number of anilines is 1. The summed E-state index contributed by atoms with van der Waals surface area (Å²) in [5, 5.41) is 11.7. The molecule has 0 bridgehead atoms. The summed E-state index contributed by atoms with van der Waals surface area (Å²) in [6.45, 7) is 3.15. The zero-order valence-corrected chi connectivity index (χ0v) is 14.3. The van der Waals surface area contributed by atoms with Crippen LogP contribution in [0.2, 0.25) is 5.02 Å². The molecule has 0 radical (unpaired) electrons. The molecule has 2 aromatic carbocycles. The molecular formula is C19H18ClN3O2. The summed E-state index contributed by atoms with van der Waals surface area (Å²) in [5.74, 6) is 0.0878. The number of aliphatic imine (C=N–C) groups is 1. The second-order valence-corrected chi connectivity index (χ2v) is 6.36. The average Bonchev–Trinajstić information content (AvgIpc) is 2.95. The Morgan fingerprint density at radius 1 is 1.16 bits per heavy atom. The van der Waals surface area contributed by atoms with Crippen LogP contribution in [0, 0.1) is 0 Å². The molecule has 2 N–H and O–H groups in total. The molecule has 1 aliphatic heterocycles. The van der Waals surface area contributed by atoms with E-state index in [4.69, 9.17) is 16.3 Å². The SMILES string of the molecule is Oc1[nH]c2cc(Cl)ccc2c1C=Nc1ccccc1N1CCOCC1. The summed E-state index contributed by atoms with van der Waals surface area (Å²) in [6.07, 6.45) is 1.70. The second-order valence-electron chi connectivity index (χ2n) is 5.92. The highest BCUT2D eigenvalue weighted by atomic mass is 35.5. The molecule has 1 aromatic heterocycles. The van der Waals surface area contributed by atoms with Crippen molar-refractivity contribution >= 4 is 40.1 Å². The number of morpholine rings is 1. The van der Waals surface area contributed by atoms with Crippen LogP contribution in [0.15, 0.2) is 47.5 Å². The number of hydrogen-bond donors (Lipinski definition) is 2. The summed E-state index contributed by atoms with van der Waals surface area (Å²) in [4.78, 5) is 9.84. The first kappa shape index (κ1) is 16.0. The molecular weight excluding hydrogens is 338 g/mol. The van der Waals surface area contributed by atoms with E-state index in [2.05, 4.69) is 20.9 Å². The minimum atomic E-state index is 0.0878. The van der Waals surface area contributed by atoms with Crippen LogP contribution in [-0.4, -0.2) is 42.6 Å². The molecule has 128 valence electrons. The Bertz CT molecular complexity index is 930. The lowest BCUT2D eigenvalue weighted by Crippen LogP contribution is -2.36. The summed E-state index contributed by atoms with van der Waals surface area (Å²) >= 11 is 6.01. The van der Waals surface area contributed by atoms with Crippen LogP contribution in [0.4, 0.5) is 11.4 Å². The zero-order chi connectivity index (χ0) is 17.2. The van der Waals surface area contributed by atoms with E-state index >= 15 is 0 Å². The number of H-pyrrole nitrogens is 1. The molecule has 2 heterocycles. The van der Waals surface area contributed by atoms with E-state index in [0.717, 1.165) is 48.6 Å². The van der Waals surface area contributed by atoms with Gasteiger partial charge in [0.15, 0.2) is 5.88 Å². The average molecular weight is 356 g/mol. The Kier molecular flexibility index (Phi) is 4.34. The van der Waals surface area contributed by atoms with Gasteiger partial charge in [0.05, 0.1) is 35.7 Å². The van der Waals surface area contributed by atoms with Gasteiger partial charge in [-0.15, -0.1) is 0 Å². The number of aromatic hydroxyl groups is 1. The highest BCUT2D eigenvalue weighted by molar-refractivity contribution is 6.31. The van der Waals surface area contributed by atoms with Crippen LogP contribution in [-0.2, 0) is 4.74 Å². The van der Waals surface area contributed by atoms with E-state index in [1.165, 1.54) is 0 Å². The van der Waals surface area contributed by atoms with Crippen molar-refractivity contribution in [2.75, 3.05) is 31.2 Å². The maximum Gasteiger partial charge on any atom is 0.198 e. The van der Waals surface area contributed by atoms with Crippen molar-refractivity contribution in [3.63, 3.8) is 0 Å². The standard InChI is InChI=1S/C19H18ClN3O2/c20-13-5-6-14-15(19(24)22-17(14)11-13)12-21-16-3-1-2-4-18(16)23-7-9-25-10-8-23/h1-6,11-12,22,24H,7-10H2. The molecule has 5 nitrogen and oxygen atoms in total. The summed E-state index contributed by atoms with van der Waals surface area (Å²) in [6, 6.07) is 13.5. The van der Waals surface area contributed by atoms with Gasteiger partial charge >= 0.3 is 0 Å². The molecule has 0 atom stereocenters. The number of fused-ring (bicyclic) bond motifs is 1. The van der Waals surface area contributed by atoms with Crippen molar-refractivity contribution in [1.29, 1.82) is 0 Å². The molecule has 0 saturated carbocycles. The summed E-state index contributed by atoms with van der Waals surface area (Å²) in [7, 11) is 0. The molecule has 1 saturated heterocycles. The molecule has 0 aliphatic carbocycles. The number of para-hydroxylation sites is 2. The van der Waals surface area contributed by atoms with E-state index in [1.54, 1.807) is 18.3 Å². The Morgan fingerprint density at radius 2 is 1.96 bits per heavy atom. The van der Waals surface area contributed by atoms with E-state index in [-0.39, 0.29) is 5.88 Å². The third-order valence-corrected chi connectivity index (χ3v) is 4.58. The van der Waals surface area contributed by atoms with E-state index < -0.39 is 0 Å². The second kappa shape index (κ2) is 6.78. The van der Waals surface area contributed by atoms with Crippen molar-refractivity contribution in [2.24, 2.45) is 4.99 Å². The maximum atomic E-state index is 10.2. The van der Waals surface area contributed by atoms with Crippen LogP contribution in [0.25, 0.3) is 10.9 Å². The molecule has 1 fully saturated rings. The van der Waals surface area contributed by atoms with Gasteiger partial charge in [-0.3, -0.25) is 4.99 Å². The van der Waals surface area contributed by atoms with Gasteiger partial charge in [0, 0.05) is 29.7 Å². The van der Waals surface area contributed by atoms with Crippen molar-refractivity contribution in [3.8, 4) is 5.88 Å². The fourth-order valence-electron chi connectivity index (χ4n) is 3.09. The van der Waals surface area contributed by atoms with Crippen LogP contribution in [0.3, 0.4) is 0 Å². The van der Waals surface area contributed by atoms with E-state index in [0.29, 0.717) is 10.6 Å². The van der Waals surface area contributed by atoms with Gasteiger partial charge in [-0.2, -0.15) is 0 Å². The number of ether oxygens (including phenoxy) is 1. The van der Waals surface area contributed by atoms with Gasteiger partial charge in [-0.05, 0) is 24.3 Å². The fourth-order valence-corrected chi connectivity index (χ4v) is 3.26. The molecule has 1 aliphatic rings. The van der Waals surface area contributed by atoms with Crippen molar-refractivity contribution in [2.45, 2.75) is 0 Å². The molecule has 0 amide bonds. The quantitative estimate of drug-likeness (QED) is 0.695. The minimum absolute atomic E-state index is 0.0878. The number of hydrogen-bond acceptors (Lipinski definition) is 4. The van der Waals surface area contributed by atoms with Crippen LogP contribution in [0.5, 0.6) is 5.88 Å². The van der Waals surface area contributed by atoms with Gasteiger partial charge < -0.3 is 19.7 Å². The van der Waals surface area contributed by atoms with Crippen LogP contribution < -0.4 is 4.90 Å². The number of aromatic nitrogens is 1. The van der Waals surface area contributed by atoms with E-state index in [9.17, 15) is 5.11 Å². The van der Waals surface area contributed by atoms with E-state index in [1.807, 2.05) is 24.3 Å². The monoisotopic (exact) mass is 355 g/mol. The van der Waals surface area contributed by atoms with Crippen molar-refractivity contribution in [1.82, 2.24) is 4.98 Å². The van der Waals surface area contributed by atoms with Gasteiger partial charge in [0.25, 0.3) is 0 Å².